The number of aromatic nitrogens is 5. The van der Waals surface area contributed by atoms with Crippen LogP contribution in [0, 0.1) is 5.92 Å². The molecule has 4 aromatic rings. The summed E-state index contributed by atoms with van der Waals surface area (Å²) in [5.74, 6) is 1.06. The van der Waals surface area contributed by atoms with Gasteiger partial charge in [-0.3, -0.25) is 18.9 Å². The molecule has 160 valence electrons. The molecule has 0 radical (unpaired) electrons. The molecule has 1 aliphatic rings. The normalized spacial score (nSPS) is 14.2. The maximum absolute atomic E-state index is 13.3. The molecule has 3 heterocycles. The van der Waals surface area contributed by atoms with Crippen molar-refractivity contribution in [3.05, 3.63) is 68.3 Å². The number of benzene rings is 1. The Hall–Kier alpha value is -2.93. The van der Waals surface area contributed by atoms with Gasteiger partial charge in [-0.2, -0.15) is 4.98 Å². The van der Waals surface area contributed by atoms with Crippen molar-refractivity contribution in [3.8, 4) is 0 Å². The summed E-state index contributed by atoms with van der Waals surface area (Å²) in [5.41, 5.74) is 2.03. The van der Waals surface area contributed by atoms with Crippen LogP contribution in [0.3, 0.4) is 0 Å². The molecular weight excluding hydrogens is 414 g/mol. The second kappa shape index (κ2) is 7.64. The van der Waals surface area contributed by atoms with Crippen molar-refractivity contribution >= 4 is 33.5 Å². The summed E-state index contributed by atoms with van der Waals surface area (Å²) < 4.78 is 5.60. The highest BCUT2D eigenvalue weighted by atomic mass is 35.5. The van der Waals surface area contributed by atoms with Gasteiger partial charge < -0.3 is 4.57 Å². The Bertz CT molecular complexity index is 1410. The van der Waals surface area contributed by atoms with Crippen LogP contribution in [0.5, 0.6) is 0 Å². The quantitative estimate of drug-likeness (QED) is 0.457. The van der Waals surface area contributed by atoms with Gasteiger partial charge in [0, 0.05) is 23.8 Å². The van der Waals surface area contributed by atoms with Gasteiger partial charge in [-0.25, -0.2) is 4.79 Å². The highest BCUT2D eigenvalue weighted by Crippen LogP contribution is 2.36. The number of fused-ring (bicyclic) bond motifs is 2. The number of pyridine rings is 1. The fourth-order valence-corrected chi connectivity index (χ4v) is 4.33. The Morgan fingerprint density at radius 2 is 1.90 bits per heavy atom. The lowest BCUT2D eigenvalue weighted by molar-refractivity contribution is 0.500. The van der Waals surface area contributed by atoms with E-state index in [9.17, 15) is 9.59 Å². The zero-order valence-electron chi connectivity index (χ0n) is 17.6. The lowest BCUT2D eigenvalue weighted by Gasteiger charge is -2.17. The number of halogens is 1. The van der Waals surface area contributed by atoms with Gasteiger partial charge in [0.25, 0.3) is 5.56 Å². The summed E-state index contributed by atoms with van der Waals surface area (Å²) in [7, 11) is 0. The molecule has 0 saturated heterocycles. The van der Waals surface area contributed by atoms with Crippen molar-refractivity contribution in [2.24, 2.45) is 5.92 Å². The molecule has 1 saturated carbocycles. The molecule has 0 unspecified atom stereocenters. The Labute approximate surface area is 183 Å². The number of hydrogen-bond donors (Lipinski definition) is 0. The van der Waals surface area contributed by atoms with E-state index in [1.165, 1.54) is 0 Å². The third kappa shape index (κ3) is 3.57. The van der Waals surface area contributed by atoms with Crippen LogP contribution in [-0.4, -0.2) is 23.7 Å². The minimum Gasteiger partial charge on any atom is -0.327 e. The highest BCUT2D eigenvalue weighted by molar-refractivity contribution is 6.31. The molecule has 1 aromatic carbocycles. The summed E-state index contributed by atoms with van der Waals surface area (Å²) >= 11 is 6.13. The third-order valence-corrected chi connectivity index (χ3v) is 6.16. The smallest absolute Gasteiger partial charge is 0.327 e. The maximum Gasteiger partial charge on any atom is 0.329 e. The van der Waals surface area contributed by atoms with E-state index < -0.39 is 0 Å². The predicted molar refractivity (Wildman–Crippen MR) is 122 cm³/mol. The molecular formula is C23H24ClN5O2. The molecule has 1 aliphatic carbocycles. The summed E-state index contributed by atoms with van der Waals surface area (Å²) in [4.78, 5) is 34.8. The summed E-state index contributed by atoms with van der Waals surface area (Å²) in [6.07, 6.45) is 6.37. The lowest BCUT2D eigenvalue weighted by Crippen LogP contribution is -2.28. The molecule has 31 heavy (non-hydrogen) atoms. The van der Waals surface area contributed by atoms with Crippen LogP contribution >= 0.6 is 11.6 Å². The molecule has 1 fully saturated rings. The topological polar surface area (TPSA) is 74.7 Å². The van der Waals surface area contributed by atoms with Gasteiger partial charge in [0.15, 0.2) is 0 Å². The molecule has 3 aromatic heterocycles. The SMILES string of the molecule is CC(C)CCn1c(Cn2c(=O)n(C3CC3)c3ccncc32)nc(=O)c2cc(Cl)ccc21. The van der Waals surface area contributed by atoms with E-state index in [1.54, 1.807) is 29.1 Å². The minimum atomic E-state index is -0.328. The zero-order valence-corrected chi connectivity index (χ0v) is 18.3. The van der Waals surface area contributed by atoms with E-state index in [2.05, 4.69) is 28.4 Å². The molecule has 8 heteroatoms. The molecule has 0 atom stereocenters. The van der Waals surface area contributed by atoms with Crippen LogP contribution in [0.1, 0.15) is 45.0 Å². The van der Waals surface area contributed by atoms with E-state index in [0.29, 0.717) is 28.7 Å². The van der Waals surface area contributed by atoms with Crippen LogP contribution in [0.15, 0.2) is 46.2 Å². The fraction of sp³-hybridized carbons (Fsp3) is 0.391. The van der Waals surface area contributed by atoms with Crippen molar-refractivity contribution in [3.63, 3.8) is 0 Å². The monoisotopic (exact) mass is 437 g/mol. The first-order valence-electron chi connectivity index (χ1n) is 10.7. The van der Waals surface area contributed by atoms with Crippen molar-refractivity contribution in [1.29, 1.82) is 0 Å². The first-order valence-corrected chi connectivity index (χ1v) is 11.1. The van der Waals surface area contributed by atoms with Crippen LogP contribution in [0.25, 0.3) is 21.9 Å². The Kier molecular flexibility index (Phi) is 4.93. The van der Waals surface area contributed by atoms with Gasteiger partial charge in [0.1, 0.15) is 5.82 Å². The van der Waals surface area contributed by atoms with E-state index in [0.717, 1.165) is 35.8 Å². The first-order chi connectivity index (χ1) is 14.9. The maximum atomic E-state index is 13.3. The zero-order chi connectivity index (χ0) is 21.7. The van der Waals surface area contributed by atoms with Crippen molar-refractivity contribution < 1.29 is 0 Å². The van der Waals surface area contributed by atoms with Crippen LogP contribution < -0.4 is 11.2 Å². The minimum absolute atomic E-state index is 0.0774. The number of imidazole rings is 1. The number of aryl methyl sites for hydroxylation is 1. The third-order valence-electron chi connectivity index (χ3n) is 5.93. The van der Waals surface area contributed by atoms with Gasteiger partial charge >= 0.3 is 5.69 Å². The first kappa shape index (κ1) is 20.0. The van der Waals surface area contributed by atoms with Gasteiger partial charge in [-0.1, -0.05) is 25.4 Å². The molecule has 0 N–H and O–H groups in total. The fourth-order valence-electron chi connectivity index (χ4n) is 4.16. The Morgan fingerprint density at radius 1 is 1.10 bits per heavy atom. The van der Waals surface area contributed by atoms with Crippen LogP contribution in [0.2, 0.25) is 5.02 Å². The molecule has 0 bridgehead atoms. The van der Waals surface area contributed by atoms with Crippen LogP contribution in [0.4, 0.5) is 0 Å². The lowest BCUT2D eigenvalue weighted by atomic mass is 10.1. The van der Waals surface area contributed by atoms with Crippen LogP contribution in [-0.2, 0) is 13.1 Å². The molecule has 5 rings (SSSR count). The Balaban J connectivity index is 1.70. The Morgan fingerprint density at radius 3 is 2.65 bits per heavy atom. The van der Waals surface area contributed by atoms with Crippen molar-refractivity contribution in [2.45, 2.75) is 52.2 Å². The van der Waals surface area contributed by atoms with Crippen molar-refractivity contribution in [1.82, 2.24) is 23.7 Å². The second-order valence-electron chi connectivity index (χ2n) is 8.66. The average Bonchev–Trinajstić information content (AvgIpc) is 3.53. The number of nitrogens with zero attached hydrogens (tertiary/aromatic N) is 5. The second-order valence-corrected chi connectivity index (χ2v) is 9.10. The molecule has 0 amide bonds. The van der Waals surface area contributed by atoms with E-state index >= 15 is 0 Å². The number of hydrogen-bond acceptors (Lipinski definition) is 4. The predicted octanol–water partition coefficient (Wildman–Crippen LogP) is 3.99. The van der Waals surface area contributed by atoms with Gasteiger partial charge in [-0.15, -0.1) is 0 Å². The number of rotatable bonds is 6. The van der Waals surface area contributed by atoms with Crippen molar-refractivity contribution in [2.75, 3.05) is 0 Å². The van der Waals surface area contributed by atoms with Gasteiger partial charge in [0.2, 0.25) is 0 Å². The van der Waals surface area contributed by atoms with E-state index in [-0.39, 0.29) is 23.8 Å². The van der Waals surface area contributed by atoms with E-state index in [4.69, 9.17) is 11.6 Å². The largest absolute Gasteiger partial charge is 0.329 e. The average molecular weight is 438 g/mol. The van der Waals surface area contributed by atoms with Gasteiger partial charge in [0.05, 0.1) is 34.7 Å². The molecule has 7 nitrogen and oxygen atoms in total. The van der Waals surface area contributed by atoms with Gasteiger partial charge in [-0.05, 0) is 49.4 Å². The summed E-state index contributed by atoms with van der Waals surface area (Å²) in [6, 6.07) is 7.44. The molecule has 0 aliphatic heterocycles. The highest BCUT2D eigenvalue weighted by Gasteiger charge is 2.29. The van der Waals surface area contributed by atoms with E-state index in [1.807, 2.05) is 16.7 Å². The summed E-state index contributed by atoms with van der Waals surface area (Å²) in [5, 5.41) is 0.999. The standard InChI is InChI=1S/C23H24ClN5O2/c1-14(2)8-10-27-18-6-3-15(24)11-17(18)22(30)26-21(27)13-28-20-12-25-9-7-19(20)29(23(28)31)16-4-5-16/h3,6-7,9,11-12,14,16H,4-5,8,10,13H2,1-2H3. The summed E-state index contributed by atoms with van der Waals surface area (Å²) in [6.45, 7) is 5.24. The molecule has 0 spiro atoms.